The summed E-state index contributed by atoms with van der Waals surface area (Å²) in [6.45, 7) is 2.00. The summed E-state index contributed by atoms with van der Waals surface area (Å²) in [6, 6.07) is 21.3. The highest BCUT2D eigenvalue weighted by Crippen LogP contribution is 2.36. The van der Waals surface area contributed by atoms with E-state index in [2.05, 4.69) is 5.32 Å². The van der Waals surface area contributed by atoms with Crippen LogP contribution in [-0.4, -0.2) is 14.2 Å². The fourth-order valence-electron chi connectivity index (χ4n) is 3.27. The molecule has 0 radical (unpaired) electrons. The lowest BCUT2D eigenvalue weighted by Gasteiger charge is -2.31. The van der Waals surface area contributed by atoms with Crippen molar-refractivity contribution in [2.75, 3.05) is 9.62 Å². The topological polar surface area (TPSA) is 66.5 Å². The molecule has 3 aromatic rings. The maximum atomic E-state index is 13.4. The molecule has 1 aliphatic heterocycles. The molecule has 0 saturated heterocycles. The average Bonchev–Trinajstić information content (AvgIpc) is 2.74. The lowest BCUT2D eigenvalue weighted by atomic mass is 10.1. The third-order valence-corrected chi connectivity index (χ3v) is 7.09. The fourth-order valence-corrected chi connectivity index (χ4v) is 4.98. The molecule has 0 atom stereocenters. The number of benzene rings is 3. The Kier molecular flexibility index (Phi) is 5.37. The molecule has 0 unspecified atom stereocenters. The summed E-state index contributed by atoms with van der Waals surface area (Å²) in [5.41, 5.74) is 3.04. The molecule has 152 valence electrons. The van der Waals surface area contributed by atoms with Crippen molar-refractivity contribution in [3.8, 4) is 0 Å². The monoisotopic (exact) mass is 438 g/mol. The van der Waals surface area contributed by atoms with E-state index in [9.17, 15) is 13.2 Å². The minimum absolute atomic E-state index is 0.126. The van der Waals surface area contributed by atoms with Gasteiger partial charge in [0.15, 0.2) is 4.91 Å². The van der Waals surface area contributed by atoms with Crippen molar-refractivity contribution >= 4 is 38.8 Å². The molecule has 0 spiro atoms. The van der Waals surface area contributed by atoms with Gasteiger partial charge in [0, 0.05) is 22.5 Å². The van der Waals surface area contributed by atoms with Crippen molar-refractivity contribution in [2.24, 2.45) is 0 Å². The summed E-state index contributed by atoms with van der Waals surface area (Å²) < 4.78 is 28.1. The number of ketones is 1. The first-order valence-electron chi connectivity index (χ1n) is 9.31. The van der Waals surface area contributed by atoms with Gasteiger partial charge in [-0.1, -0.05) is 60.1 Å². The number of halogens is 1. The van der Waals surface area contributed by atoms with E-state index >= 15 is 0 Å². The molecule has 0 bridgehead atoms. The number of sulfonamides is 1. The zero-order valence-corrected chi connectivity index (χ0v) is 17.7. The number of aryl methyl sites for hydroxylation is 1. The lowest BCUT2D eigenvalue weighted by molar-refractivity contribution is 0.104. The Hall–Kier alpha value is -3.09. The average molecular weight is 439 g/mol. The molecule has 0 saturated carbocycles. The fraction of sp³-hybridized carbons (Fsp3) is 0.0870. The van der Waals surface area contributed by atoms with Crippen LogP contribution in [0.1, 0.15) is 21.5 Å². The maximum Gasteiger partial charge on any atom is 0.270 e. The van der Waals surface area contributed by atoms with Crippen LogP contribution in [0, 0.1) is 6.92 Å². The third-order valence-electron chi connectivity index (χ3n) is 4.92. The quantitative estimate of drug-likeness (QED) is 0.573. The van der Waals surface area contributed by atoms with Crippen molar-refractivity contribution in [3.63, 3.8) is 0 Å². The van der Waals surface area contributed by atoms with E-state index in [1.165, 1.54) is 10.5 Å². The van der Waals surface area contributed by atoms with Crippen molar-refractivity contribution in [1.29, 1.82) is 0 Å². The Morgan fingerprint density at radius 2 is 1.70 bits per heavy atom. The molecule has 3 aromatic carbocycles. The summed E-state index contributed by atoms with van der Waals surface area (Å²) in [5, 5.41) is 3.46. The molecule has 1 heterocycles. The number of hydrogen-bond donors (Lipinski definition) is 1. The molecule has 30 heavy (non-hydrogen) atoms. The summed E-state index contributed by atoms with van der Waals surface area (Å²) in [7, 11) is -4.06. The molecule has 1 N–H and O–H groups in total. The van der Waals surface area contributed by atoms with E-state index < -0.39 is 15.8 Å². The number of nitrogens with zero attached hydrogens (tertiary/aromatic N) is 1. The third kappa shape index (κ3) is 3.72. The lowest BCUT2D eigenvalue weighted by Crippen LogP contribution is -2.39. The van der Waals surface area contributed by atoms with E-state index in [0.29, 0.717) is 22.0 Å². The molecule has 0 aromatic heterocycles. The predicted molar refractivity (Wildman–Crippen MR) is 120 cm³/mol. The largest absolute Gasteiger partial charge is 0.360 e. The van der Waals surface area contributed by atoms with E-state index in [1.54, 1.807) is 36.4 Å². The van der Waals surface area contributed by atoms with Crippen LogP contribution in [0.5, 0.6) is 0 Å². The van der Waals surface area contributed by atoms with Crippen LogP contribution < -0.4 is 9.62 Å². The first kappa shape index (κ1) is 20.2. The van der Waals surface area contributed by atoms with Crippen molar-refractivity contribution in [2.45, 2.75) is 13.5 Å². The van der Waals surface area contributed by atoms with Crippen LogP contribution >= 0.6 is 11.6 Å². The molecule has 0 amide bonds. The summed E-state index contributed by atoms with van der Waals surface area (Å²) in [4.78, 5) is 12.7. The second kappa shape index (κ2) is 7.97. The molecule has 0 fully saturated rings. The van der Waals surface area contributed by atoms with Crippen LogP contribution in [-0.2, 0) is 16.6 Å². The van der Waals surface area contributed by atoms with Crippen molar-refractivity contribution in [1.82, 2.24) is 0 Å². The number of carbonyl (C=O) groups excluding carboxylic acids is 1. The number of fused-ring (bicyclic) bond motifs is 1. The summed E-state index contributed by atoms with van der Waals surface area (Å²) in [6.07, 6.45) is 1.24. The van der Waals surface area contributed by atoms with Gasteiger partial charge in [0.25, 0.3) is 10.0 Å². The number of para-hydroxylation sites is 1. The normalized spacial score (nSPS) is 16.4. The molecule has 0 aliphatic carbocycles. The van der Waals surface area contributed by atoms with Gasteiger partial charge in [0.05, 0.1) is 12.2 Å². The highest BCUT2D eigenvalue weighted by atomic mass is 35.5. The van der Waals surface area contributed by atoms with E-state index in [4.69, 9.17) is 11.6 Å². The smallest absolute Gasteiger partial charge is 0.270 e. The van der Waals surface area contributed by atoms with Gasteiger partial charge >= 0.3 is 0 Å². The summed E-state index contributed by atoms with van der Waals surface area (Å²) in [5.74, 6) is -0.541. The van der Waals surface area contributed by atoms with Crippen molar-refractivity contribution in [3.05, 3.63) is 106 Å². The summed E-state index contributed by atoms with van der Waals surface area (Å²) >= 11 is 6.15. The molecule has 4 rings (SSSR count). The molecular weight excluding hydrogens is 420 g/mol. The Bertz CT molecular complexity index is 1250. The van der Waals surface area contributed by atoms with Crippen LogP contribution in [0.2, 0.25) is 5.02 Å². The number of nitrogens with one attached hydrogen (secondary N) is 1. The zero-order valence-electron chi connectivity index (χ0n) is 16.2. The predicted octanol–water partition coefficient (Wildman–Crippen LogP) is 5.13. The molecular formula is C23H19ClN2O3S. The minimum atomic E-state index is -4.06. The number of hydrogen-bond acceptors (Lipinski definition) is 4. The van der Waals surface area contributed by atoms with Gasteiger partial charge in [-0.05, 0) is 42.3 Å². The standard InChI is InChI=1S/C23H19ClN2O3S/c1-16-11-12-18(13-20(16)24)25-14-22-23(27)19-9-5-6-10-21(19)26(30(22,28)29)15-17-7-3-2-4-8-17/h2-14,25H,15H2,1H3. The number of anilines is 2. The van der Waals surface area contributed by atoms with Gasteiger partial charge in [0.2, 0.25) is 5.78 Å². The maximum absolute atomic E-state index is 13.4. The van der Waals surface area contributed by atoms with E-state index in [0.717, 1.165) is 11.1 Å². The molecule has 1 aliphatic rings. The number of rotatable bonds is 4. The minimum Gasteiger partial charge on any atom is -0.360 e. The van der Waals surface area contributed by atoms with E-state index in [1.807, 2.05) is 43.3 Å². The van der Waals surface area contributed by atoms with Crippen molar-refractivity contribution < 1.29 is 13.2 Å². The second-order valence-corrected chi connectivity index (χ2v) is 9.20. The van der Waals surface area contributed by atoms with Crippen LogP contribution in [0.4, 0.5) is 11.4 Å². The van der Waals surface area contributed by atoms with Crippen LogP contribution in [0.25, 0.3) is 0 Å². The van der Waals surface area contributed by atoms with Gasteiger partial charge in [0.1, 0.15) is 0 Å². The Labute approximate surface area is 180 Å². The molecule has 5 nitrogen and oxygen atoms in total. The Balaban J connectivity index is 1.77. The first-order valence-corrected chi connectivity index (χ1v) is 11.1. The SMILES string of the molecule is Cc1ccc(NC=C2C(=O)c3ccccc3N(Cc3ccccc3)S2(=O)=O)cc1Cl. The van der Waals surface area contributed by atoms with E-state index in [-0.39, 0.29) is 11.4 Å². The van der Waals surface area contributed by atoms with Crippen LogP contribution in [0.3, 0.4) is 0 Å². The Morgan fingerprint density at radius 1 is 1.00 bits per heavy atom. The first-order chi connectivity index (χ1) is 14.4. The number of carbonyl (C=O) groups is 1. The van der Waals surface area contributed by atoms with Gasteiger partial charge < -0.3 is 5.32 Å². The molecule has 7 heteroatoms. The van der Waals surface area contributed by atoms with Gasteiger partial charge in [-0.25, -0.2) is 8.42 Å². The zero-order chi connectivity index (χ0) is 21.3. The van der Waals surface area contributed by atoms with Gasteiger partial charge in [-0.3, -0.25) is 9.10 Å². The van der Waals surface area contributed by atoms with Gasteiger partial charge in [-0.2, -0.15) is 0 Å². The van der Waals surface area contributed by atoms with Crippen LogP contribution in [0.15, 0.2) is 83.9 Å². The second-order valence-electron chi connectivity index (χ2n) is 6.96. The highest BCUT2D eigenvalue weighted by molar-refractivity contribution is 7.97. The Morgan fingerprint density at radius 3 is 2.43 bits per heavy atom. The number of Topliss-reactive ketones (excluding diaryl/α,β-unsaturated/α-hetero) is 1. The number of allylic oxidation sites excluding steroid dienone is 1. The van der Waals surface area contributed by atoms with Gasteiger partial charge in [-0.15, -0.1) is 0 Å². The highest BCUT2D eigenvalue weighted by Gasteiger charge is 2.39.